The van der Waals surface area contributed by atoms with Crippen LogP contribution in [0.1, 0.15) is 167 Å². The average Bonchev–Trinajstić information content (AvgIpc) is 3.57. The van der Waals surface area contributed by atoms with Crippen molar-refractivity contribution in [1.82, 2.24) is 29.1 Å². The number of carbonyl (C=O) groups is 1. The van der Waals surface area contributed by atoms with Crippen LogP contribution in [-0.4, -0.2) is 47.3 Å². The van der Waals surface area contributed by atoms with Crippen LogP contribution in [0.2, 0.25) is 0 Å². The summed E-state index contributed by atoms with van der Waals surface area (Å²) in [5.74, 6) is 1.05. The van der Waals surface area contributed by atoms with Crippen molar-refractivity contribution in [2.45, 2.75) is 132 Å². The second-order valence-corrected chi connectivity index (χ2v) is 13.1. The average molecular weight is 608 g/mol. The molecule has 0 aliphatic carbocycles. The molecule has 1 radical (unpaired) electrons. The molecule has 3 heterocycles. The van der Waals surface area contributed by atoms with Crippen LogP contribution in [0.3, 0.4) is 0 Å². The van der Waals surface area contributed by atoms with Gasteiger partial charge in [0.25, 0.3) is 7.12 Å². The molecule has 0 atom stereocenters. The predicted molar refractivity (Wildman–Crippen MR) is 166 cm³/mol. The molecule has 3 aromatic rings. The van der Waals surface area contributed by atoms with Gasteiger partial charge in [0.2, 0.25) is 0 Å². The second kappa shape index (κ2) is 15.2. The molecule has 41 heavy (non-hydrogen) atoms. The van der Waals surface area contributed by atoms with Gasteiger partial charge in [-0.05, 0) is 70.8 Å². The Morgan fingerprint density at radius 2 is 0.780 bits per heavy atom. The van der Waals surface area contributed by atoms with Crippen molar-refractivity contribution in [2.24, 2.45) is 5.92 Å². The monoisotopic (exact) mass is 608 g/mol. The van der Waals surface area contributed by atoms with Crippen molar-refractivity contribution in [3.05, 3.63) is 52.4 Å². The topological polar surface area (TPSA) is 90.8 Å². The van der Waals surface area contributed by atoms with Crippen LogP contribution in [0.5, 0.6) is 0 Å². The van der Waals surface area contributed by atoms with Crippen molar-refractivity contribution in [2.75, 3.05) is 0 Å². The summed E-state index contributed by atoms with van der Waals surface area (Å²) in [6, 6.07) is 6.81. The van der Waals surface area contributed by atoms with Crippen molar-refractivity contribution in [1.29, 1.82) is 0 Å². The third kappa shape index (κ3) is 8.84. The minimum Gasteiger partial charge on any atom is -0.481 e. The molecule has 1 N–H and O–H groups in total. The van der Waals surface area contributed by atoms with Crippen molar-refractivity contribution in [3.8, 4) is 0 Å². The molecule has 0 saturated heterocycles. The van der Waals surface area contributed by atoms with E-state index in [0.29, 0.717) is 35.5 Å². The van der Waals surface area contributed by atoms with E-state index in [0.717, 1.165) is 17.1 Å². The largest absolute Gasteiger partial charge is 0.481 e. The van der Waals surface area contributed by atoms with E-state index in [1.807, 2.05) is 0 Å². The van der Waals surface area contributed by atoms with E-state index in [-0.39, 0.29) is 30.1 Å². The van der Waals surface area contributed by atoms with E-state index in [2.05, 4.69) is 115 Å². The van der Waals surface area contributed by atoms with Crippen molar-refractivity contribution >= 4 is 13.1 Å². The second-order valence-electron chi connectivity index (χ2n) is 13.1. The minimum atomic E-state index is -0.741. The summed E-state index contributed by atoms with van der Waals surface area (Å²) < 4.78 is 6.56. The smallest absolute Gasteiger partial charge is 0.305 e. The van der Waals surface area contributed by atoms with Gasteiger partial charge >= 0.3 is 5.97 Å². The number of hydrogen-bond donors (Lipinski definition) is 1. The van der Waals surface area contributed by atoms with Gasteiger partial charge in [-0.1, -0.05) is 96.9 Å². The Labute approximate surface area is 259 Å². The molecule has 0 unspecified atom stereocenters. The summed E-state index contributed by atoms with van der Waals surface area (Å²) >= 11 is 0. The van der Waals surface area contributed by atoms with Gasteiger partial charge in [-0.25, -0.2) is 15.3 Å². The number of aromatic nitrogens is 6. The molecule has 231 valence electrons. The number of nitrogens with zero attached hydrogens (tertiary/aromatic N) is 6. The molecule has 0 saturated carbocycles. The molecule has 0 spiro atoms. The Hall–Kier alpha value is -2.32. The fraction of sp³-hybridized carbons (Fsp3) is 0.677. The standard InChI is InChI=1S/C27H45BN6.C4H8O2.Fe/c1-16(2)22-13-25(19(7)8)32(29-22)28(33-26(20(9)10)14-23(30-33)17(3)4)34-27(21(11)12)15-24(31-34)18(5)6;1-3(2)4(5)6;/h13-21H,1-12H3;3H,1-2H3,(H,5,6);/q-1;;. The maximum Gasteiger partial charge on any atom is 0.305 e. The van der Waals surface area contributed by atoms with Gasteiger partial charge in [0, 0.05) is 17.1 Å². The molecule has 0 aromatic carbocycles. The summed E-state index contributed by atoms with van der Waals surface area (Å²) in [5.41, 5.74) is 6.96. The molecule has 3 rings (SSSR count). The minimum absolute atomic E-state index is 0. The van der Waals surface area contributed by atoms with Gasteiger partial charge in [-0.3, -0.25) is 4.79 Å². The van der Waals surface area contributed by atoms with E-state index >= 15 is 0 Å². The molecule has 0 bridgehead atoms. The SMILES string of the molecule is CC(C)C(=O)O.CC(C)c1cc(C(C)C)n([B-](n2nc(C(C)C)cc2C(C)C)n2nc(C(C)C)cc2C(C)C)n1.[Fe]. The third-order valence-electron chi connectivity index (χ3n) is 7.05. The molecule has 8 nitrogen and oxygen atoms in total. The normalized spacial score (nSPS) is 12.0. The van der Waals surface area contributed by atoms with Gasteiger partial charge in [-0.2, -0.15) is 0 Å². The third-order valence-corrected chi connectivity index (χ3v) is 7.05. The number of aliphatic carboxylic acids is 1. The fourth-order valence-electron chi connectivity index (χ4n) is 4.29. The summed E-state index contributed by atoms with van der Waals surface area (Å²) in [4.78, 5) is 9.70. The summed E-state index contributed by atoms with van der Waals surface area (Å²) in [6.07, 6.45) is 0. The molecule has 0 aliphatic heterocycles. The van der Waals surface area contributed by atoms with E-state index in [1.165, 1.54) is 17.1 Å². The van der Waals surface area contributed by atoms with Crippen LogP contribution in [0.25, 0.3) is 0 Å². The first-order valence-electron chi connectivity index (χ1n) is 15.0. The number of hydrogen-bond acceptors (Lipinski definition) is 4. The Bertz CT molecular complexity index is 1120. The Kier molecular flexibility index (Phi) is 13.6. The molecule has 3 aromatic heterocycles. The molecule has 10 heteroatoms. The molecular formula is C31H53BFeN6O2-. The van der Waals surface area contributed by atoms with Crippen LogP contribution < -0.4 is 0 Å². The zero-order valence-corrected chi connectivity index (χ0v) is 28.8. The Morgan fingerprint density at radius 1 is 0.561 bits per heavy atom. The van der Waals surface area contributed by atoms with Crippen molar-refractivity contribution in [3.63, 3.8) is 0 Å². The summed E-state index contributed by atoms with van der Waals surface area (Å²) in [5, 5.41) is 23.6. The molecule has 0 amide bonds. The van der Waals surface area contributed by atoms with E-state index in [4.69, 9.17) is 20.4 Å². The quantitative estimate of drug-likeness (QED) is 0.239. The summed E-state index contributed by atoms with van der Waals surface area (Å²) in [7, 11) is -0.292. The van der Waals surface area contributed by atoms with Crippen LogP contribution in [-0.2, 0) is 21.9 Å². The maximum absolute atomic E-state index is 9.70. The van der Waals surface area contributed by atoms with Crippen LogP contribution in [0.4, 0.5) is 0 Å². The van der Waals surface area contributed by atoms with Gasteiger partial charge in [-0.15, -0.1) is 0 Å². The van der Waals surface area contributed by atoms with Crippen LogP contribution in [0, 0.1) is 5.92 Å². The zero-order valence-electron chi connectivity index (χ0n) is 27.7. The maximum atomic E-state index is 9.70. The van der Waals surface area contributed by atoms with E-state index < -0.39 is 5.97 Å². The Morgan fingerprint density at radius 3 is 0.927 bits per heavy atom. The zero-order chi connectivity index (χ0) is 30.6. The molecule has 0 fully saturated rings. The molecule has 0 aliphatic rings. The number of carboxylic acids is 1. The Balaban J connectivity index is 0.00000108. The van der Waals surface area contributed by atoms with Crippen molar-refractivity contribution < 1.29 is 27.0 Å². The van der Waals surface area contributed by atoms with Crippen LogP contribution in [0.15, 0.2) is 18.2 Å². The first-order chi connectivity index (χ1) is 18.5. The fourth-order valence-corrected chi connectivity index (χ4v) is 4.29. The van der Waals surface area contributed by atoms with Gasteiger partial charge < -0.3 is 18.9 Å². The summed E-state index contributed by atoms with van der Waals surface area (Å²) in [6.45, 7) is 30.0. The first-order valence-corrected chi connectivity index (χ1v) is 15.0. The van der Waals surface area contributed by atoms with Gasteiger partial charge in [0.1, 0.15) is 0 Å². The number of carboxylic acid groups (broad SMARTS) is 1. The van der Waals surface area contributed by atoms with Gasteiger partial charge in [0.15, 0.2) is 0 Å². The van der Waals surface area contributed by atoms with E-state index in [9.17, 15) is 4.79 Å². The van der Waals surface area contributed by atoms with E-state index in [1.54, 1.807) is 13.8 Å². The van der Waals surface area contributed by atoms with Gasteiger partial charge in [0.05, 0.1) is 23.0 Å². The van der Waals surface area contributed by atoms with Crippen LogP contribution >= 0.6 is 0 Å². The number of rotatable bonds is 10. The molecular weight excluding hydrogens is 555 g/mol. The first kappa shape index (κ1) is 36.7. The predicted octanol–water partition coefficient (Wildman–Crippen LogP) is 7.67.